The van der Waals surface area contributed by atoms with E-state index in [1.54, 1.807) is 11.3 Å². The molecule has 2 aromatic heterocycles. The van der Waals surface area contributed by atoms with Crippen LogP contribution in [0.4, 0.5) is 0 Å². The Balaban J connectivity index is 1.43. The number of amides is 1. The normalized spacial score (nSPS) is 19.1. The van der Waals surface area contributed by atoms with Gasteiger partial charge in [-0.15, -0.1) is 11.3 Å². The van der Waals surface area contributed by atoms with E-state index in [0.717, 1.165) is 21.7 Å². The summed E-state index contributed by atoms with van der Waals surface area (Å²) in [6.07, 6.45) is 1.98. The number of rotatable bonds is 8. The Morgan fingerprint density at radius 3 is 2.56 bits per heavy atom. The van der Waals surface area contributed by atoms with E-state index in [0.29, 0.717) is 24.4 Å². The van der Waals surface area contributed by atoms with Gasteiger partial charge in [-0.1, -0.05) is 38.1 Å². The van der Waals surface area contributed by atoms with E-state index in [9.17, 15) is 14.7 Å². The molecule has 1 amide bonds. The van der Waals surface area contributed by atoms with Crippen molar-refractivity contribution in [3.8, 4) is 10.4 Å². The minimum absolute atomic E-state index is 0.0293. The summed E-state index contributed by atoms with van der Waals surface area (Å²) in [5, 5.41) is 10.3. The molecule has 3 heterocycles. The van der Waals surface area contributed by atoms with E-state index in [1.807, 2.05) is 45.3 Å². The average molecular weight is 482 g/mol. The highest BCUT2D eigenvalue weighted by atomic mass is 32.1. The van der Waals surface area contributed by atoms with Crippen molar-refractivity contribution in [2.45, 2.75) is 65.0 Å². The van der Waals surface area contributed by atoms with Gasteiger partial charge in [-0.2, -0.15) is 0 Å². The van der Waals surface area contributed by atoms with Crippen LogP contribution in [0.2, 0.25) is 0 Å². The van der Waals surface area contributed by atoms with Crippen molar-refractivity contribution in [1.29, 1.82) is 0 Å². The first-order chi connectivity index (χ1) is 16.2. The molecule has 180 valence electrons. The van der Waals surface area contributed by atoms with E-state index in [4.69, 9.17) is 4.42 Å². The fraction of sp³-hybridized carbons (Fsp3) is 0.462. The summed E-state index contributed by atoms with van der Waals surface area (Å²) < 4.78 is 5.53. The number of carbonyl (C=O) groups excluding carboxylic acids is 2. The van der Waals surface area contributed by atoms with E-state index >= 15 is 0 Å². The maximum atomic E-state index is 13.5. The zero-order valence-electron chi connectivity index (χ0n) is 20.0. The zero-order valence-corrected chi connectivity index (χ0v) is 20.8. The molecule has 1 aliphatic heterocycles. The number of aryl methyl sites for hydroxylation is 3. The number of nitrogens with zero attached hydrogens (tertiary/aromatic N) is 3. The Kier molecular flexibility index (Phi) is 7.28. The second-order valence-corrected chi connectivity index (χ2v) is 10.2. The van der Waals surface area contributed by atoms with Crippen LogP contribution in [-0.2, 0) is 16.0 Å². The van der Waals surface area contributed by atoms with Crippen molar-refractivity contribution in [3.63, 3.8) is 0 Å². The van der Waals surface area contributed by atoms with Gasteiger partial charge in [-0.05, 0) is 37.3 Å². The molecule has 0 spiro atoms. The molecule has 8 heteroatoms. The molecule has 4 rings (SSSR count). The van der Waals surface area contributed by atoms with Crippen molar-refractivity contribution in [2.24, 2.45) is 5.92 Å². The van der Waals surface area contributed by atoms with Crippen molar-refractivity contribution >= 4 is 23.0 Å². The number of hydrogen-bond donors (Lipinski definition) is 1. The molecule has 7 nitrogen and oxygen atoms in total. The second kappa shape index (κ2) is 10.2. The van der Waals surface area contributed by atoms with Gasteiger partial charge in [0.2, 0.25) is 11.8 Å². The molecular weight excluding hydrogens is 450 g/mol. The summed E-state index contributed by atoms with van der Waals surface area (Å²) in [4.78, 5) is 38.0. The number of oxazole rings is 1. The van der Waals surface area contributed by atoms with Crippen molar-refractivity contribution in [3.05, 3.63) is 58.9 Å². The summed E-state index contributed by atoms with van der Waals surface area (Å²) in [5.74, 6) is -0.521. The van der Waals surface area contributed by atoms with Gasteiger partial charge in [0.25, 0.3) is 0 Å². The van der Waals surface area contributed by atoms with E-state index in [2.05, 4.69) is 22.1 Å². The minimum atomic E-state index is -0.709. The van der Waals surface area contributed by atoms with E-state index in [1.165, 1.54) is 11.2 Å². The summed E-state index contributed by atoms with van der Waals surface area (Å²) in [6, 6.07) is 7.56. The number of aliphatic hydroxyl groups excluding tert-OH is 1. The maximum Gasteiger partial charge on any atom is 0.236 e. The molecule has 1 aliphatic rings. The molecule has 3 aromatic rings. The lowest BCUT2D eigenvalue weighted by atomic mass is 9.93. The van der Waals surface area contributed by atoms with Crippen LogP contribution in [0, 0.1) is 19.8 Å². The van der Waals surface area contributed by atoms with Crippen LogP contribution in [0.3, 0.4) is 0 Å². The SMILES string of the molecule is Cc1coc([C@H](C(=O)N2C[C@H](O)C[C@H]2C(=O)CCc2ccc(-c3scnc3C)cc2)C(C)C)n1. The van der Waals surface area contributed by atoms with Gasteiger partial charge in [0.05, 0.1) is 33.9 Å². The quantitative estimate of drug-likeness (QED) is 0.515. The maximum absolute atomic E-state index is 13.5. The smallest absolute Gasteiger partial charge is 0.236 e. The van der Waals surface area contributed by atoms with Gasteiger partial charge >= 0.3 is 0 Å². The lowest BCUT2D eigenvalue weighted by molar-refractivity contribution is -0.140. The highest BCUT2D eigenvalue weighted by Gasteiger charge is 2.43. The van der Waals surface area contributed by atoms with Gasteiger partial charge in [-0.3, -0.25) is 9.59 Å². The molecule has 0 bridgehead atoms. The predicted octanol–water partition coefficient (Wildman–Crippen LogP) is 4.32. The molecule has 3 atom stereocenters. The summed E-state index contributed by atoms with van der Waals surface area (Å²) in [5.41, 5.74) is 5.74. The first-order valence-corrected chi connectivity index (χ1v) is 12.5. The largest absolute Gasteiger partial charge is 0.448 e. The van der Waals surface area contributed by atoms with Gasteiger partial charge in [-0.25, -0.2) is 9.97 Å². The number of Topliss-reactive ketones (excluding diaryl/α,β-unsaturated/α-hetero) is 1. The fourth-order valence-electron chi connectivity index (χ4n) is 4.57. The number of aromatic nitrogens is 2. The Morgan fingerprint density at radius 1 is 1.24 bits per heavy atom. The van der Waals surface area contributed by atoms with E-state index < -0.39 is 18.1 Å². The highest BCUT2D eigenvalue weighted by Crippen LogP contribution is 2.31. The lowest BCUT2D eigenvalue weighted by Gasteiger charge is -2.28. The molecule has 0 aliphatic carbocycles. The number of carbonyl (C=O) groups is 2. The van der Waals surface area contributed by atoms with Crippen molar-refractivity contribution in [1.82, 2.24) is 14.9 Å². The third-order valence-electron chi connectivity index (χ3n) is 6.39. The number of likely N-dealkylation sites (tertiary alicyclic amines) is 1. The zero-order chi connectivity index (χ0) is 24.4. The van der Waals surface area contributed by atoms with Gasteiger partial charge in [0.15, 0.2) is 5.78 Å². The summed E-state index contributed by atoms with van der Waals surface area (Å²) in [6.45, 7) is 7.83. The topological polar surface area (TPSA) is 96.5 Å². The van der Waals surface area contributed by atoms with Crippen LogP contribution < -0.4 is 0 Å². The number of ketones is 1. The second-order valence-electron chi connectivity index (χ2n) is 9.37. The molecule has 1 fully saturated rings. The van der Waals surface area contributed by atoms with Crippen LogP contribution in [0.25, 0.3) is 10.4 Å². The van der Waals surface area contributed by atoms with Crippen LogP contribution >= 0.6 is 11.3 Å². The van der Waals surface area contributed by atoms with Gasteiger partial charge in [0, 0.05) is 19.4 Å². The van der Waals surface area contributed by atoms with Crippen LogP contribution in [0.1, 0.15) is 55.4 Å². The Morgan fingerprint density at radius 2 is 1.97 bits per heavy atom. The number of β-amino-alcohol motifs (C(OH)–C–C–N with tert-alkyl or cyclic N) is 1. The molecule has 34 heavy (non-hydrogen) atoms. The van der Waals surface area contributed by atoms with Crippen LogP contribution in [-0.4, -0.2) is 50.4 Å². The standard InChI is InChI=1S/C26H31N3O4S/c1-15(2)23(25-28-16(3)13-33-25)26(32)29-12-20(30)11-21(29)22(31)10-7-18-5-8-19(9-6-18)24-17(4)27-14-34-24/h5-6,8-9,13-15,20-21,23,30H,7,10-12H2,1-4H3/t20-,21+,23-/m1/s1. The molecule has 0 radical (unpaired) electrons. The Hall–Kier alpha value is -2.84. The molecule has 0 unspecified atom stereocenters. The molecular formula is C26H31N3O4S. The van der Waals surface area contributed by atoms with Crippen molar-refractivity contribution in [2.75, 3.05) is 6.54 Å². The van der Waals surface area contributed by atoms with Gasteiger partial charge < -0.3 is 14.4 Å². The fourth-order valence-corrected chi connectivity index (χ4v) is 5.38. The Labute approximate surface area is 203 Å². The molecule has 1 saturated heterocycles. The summed E-state index contributed by atoms with van der Waals surface area (Å²) in [7, 11) is 0. The summed E-state index contributed by atoms with van der Waals surface area (Å²) >= 11 is 1.61. The van der Waals surface area contributed by atoms with Gasteiger partial charge in [0.1, 0.15) is 12.2 Å². The third-order valence-corrected chi connectivity index (χ3v) is 7.37. The van der Waals surface area contributed by atoms with Crippen molar-refractivity contribution < 1.29 is 19.1 Å². The average Bonchev–Trinajstić information content (AvgIpc) is 3.52. The monoisotopic (exact) mass is 481 g/mol. The third kappa shape index (κ3) is 5.13. The first kappa shape index (κ1) is 24.3. The van der Waals surface area contributed by atoms with E-state index in [-0.39, 0.29) is 30.6 Å². The molecule has 0 saturated carbocycles. The first-order valence-electron chi connectivity index (χ1n) is 11.7. The number of benzene rings is 1. The van der Waals surface area contributed by atoms with Crippen LogP contribution in [0.15, 0.2) is 40.5 Å². The number of hydrogen-bond acceptors (Lipinski definition) is 7. The van der Waals surface area contributed by atoms with Crippen LogP contribution in [0.5, 0.6) is 0 Å². The number of aliphatic hydroxyl groups is 1. The molecule has 1 N–H and O–H groups in total. The number of thiazole rings is 1. The molecule has 1 aromatic carbocycles. The Bertz CT molecular complexity index is 1150. The minimum Gasteiger partial charge on any atom is -0.448 e. The lowest BCUT2D eigenvalue weighted by Crippen LogP contribution is -2.44. The predicted molar refractivity (Wildman–Crippen MR) is 131 cm³/mol. The highest BCUT2D eigenvalue weighted by molar-refractivity contribution is 7.13.